The minimum Gasteiger partial charge on any atom is -0.446 e. The summed E-state index contributed by atoms with van der Waals surface area (Å²) in [5.41, 5.74) is 0.0680. The van der Waals surface area contributed by atoms with E-state index in [1.54, 1.807) is 6.20 Å². The predicted octanol–water partition coefficient (Wildman–Crippen LogP) is 2.43. The number of aromatic nitrogens is 1. The monoisotopic (exact) mass is 276 g/mol. The van der Waals surface area contributed by atoms with Crippen LogP contribution in [0.5, 0.6) is 0 Å². The Hall–Kier alpha value is -1.01. The molecule has 6 heteroatoms. The SMILES string of the molecule is CC(C)(C)NCCc1ncc(CCOCC(F)F)o1. The first-order chi connectivity index (χ1) is 8.87. The van der Waals surface area contributed by atoms with E-state index in [4.69, 9.17) is 9.15 Å². The van der Waals surface area contributed by atoms with Gasteiger partial charge in [0.25, 0.3) is 6.43 Å². The molecule has 0 aliphatic heterocycles. The average molecular weight is 276 g/mol. The third kappa shape index (κ3) is 7.89. The molecule has 0 aliphatic rings. The van der Waals surface area contributed by atoms with Crippen LogP contribution in [0, 0.1) is 0 Å². The smallest absolute Gasteiger partial charge is 0.261 e. The number of alkyl halides is 2. The van der Waals surface area contributed by atoms with Gasteiger partial charge in [0, 0.05) is 24.9 Å². The summed E-state index contributed by atoms with van der Waals surface area (Å²) >= 11 is 0. The topological polar surface area (TPSA) is 47.3 Å². The Morgan fingerprint density at radius 3 is 2.74 bits per heavy atom. The van der Waals surface area contributed by atoms with Crippen molar-refractivity contribution in [1.29, 1.82) is 0 Å². The van der Waals surface area contributed by atoms with E-state index in [-0.39, 0.29) is 12.1 Å². The van der Waals surface area contributed by atoms with Crippen LogP contribution in [0.25, 0.3) is 0 Å². The molecule has 0 saturated heterocycles. The molecule has 0 saturated carbocycles. The molecule has 1 N–H and O–H groups in total. The van der Waals surface area contributed by atoms with Crippen LogP contribution < -0.4 is 5.32 Å². The van der Waals surface area contributed by atoms with Crippen molar-refractivity contribution in [2.24, 2.45) is 0 Å². The molecule has 1 heterocycles. The molecule has 0 atom stereocenters. The van der Waals surface area contributed by atoms with Gasteiger partial charge in [-0.1, -0.05) is 0 Å². The second-order valence-electron chi connectivity index (χ2n) is 5.36. The van der Waals surface area contributed by atoms with Gasteiger partial charge in [-0.25, -0.2) is 13.8 Å². The molecule has 0 bridgehead atoms. The molecule has 110 valence electrons. The minimum atomic E-state index is -2.42. The molecule has 0 unspecified atom stereocenters. The lowest BCUT2D eigenvalue weighted by Crippen LogP contribution is -2.37. The second-order valence-corrected chi connectivity index (χ2v) is 5.36. The fourth-order valence-corrected chi connectivity index (χ4v) is 1.47. The lowest BCUT2D eigenvalue weighted by atomic mass is 10.1. The quantitative estimate of drug-likeness (QED) is 0.741. The van der Waals surface area contributed by atoms with E-state index in [2.05, 4.69) is 31.1 Å². The molecular weight excluding hydrogens is 254 g/mol. The lowest BCUT2D eigenvalue weighted by molar-refractivity contribution is 0.0176. The molecule has 0 aliphatic carbocycles. The summed E-state index contributed by atoms with van der Waals surface area (Å²) in [6, 6.07) is 0. The maximum atomic E-state index is 11.8. The van der Waals surface area contributed by atoms with Crippen LogP contribution in [0.15, 0.2) is 10.6 Å². The molecule has 0 amide bonds. The fraction of sp³-hybridized carbons (Fsp3) is 0.769. The van der Waals surface area contributed by atoms with Crippen molar-refractivity contribution in [3.8, 4) is 0 Å². The Morgan fingerprint density at radius 1 is 1.37 bits per heavy atom. The molecule has 0 fully saturated rings. The summed E-state index contributed by atoms with van der Waals surface area (Å²) in [7, 11) is 0. The first-order valence-corrected chi connectivity index (χ1v) is 6.41. The number of halogens is 2. The van der Waals surface area contributed by atoms with Crippen molar-refractivity contribution >= 4 is 0 Å². The highest BCUT2D eigenvalue weighted by atomic mass is 19.3. The maximum Gasteiger partial charge on any atom is 0.261 e. The molecule has 0 aromatic carbocycles. The van der Waals surface area contributed by atoms with Gasteiger partial charge in [-0.3, -0.25) is 0 Å². The molecule has 1 rings (SSSR count). The highest BCUT2D eigenvalue weighted by Gasteiger charge is 2.10. The van der Waals surface area contributed by atoms with Crippen LogP contribution >= 0.6 is 0 Å². The normalized spacial score (nSPS) is 12.3. The van der Waals surface area contributed by atoms with Crippen molar-refractivity contribution in [3.05, 3.63) is 17.8 Å². The summed E-state index contributed by atoms with van der Waals surface area (Å²) in [6.07, 6.45) is 0.369. The van der Waals surface area contributed by atoms with E-state index in [9.17, 15) is 8.78 Å². The van der Waals surface area contributed by atoms with Crippen LogP contribution in [0.2, 0.25) is 0 Å². The molecule has 0 spiro atoms. The molecule has 1 aromatic heterocycles. The largest absolute Gasteiger partial charge is 0.446 e. The fourth-order valence-electron chi connectivity index (χ4n) is 1.47. The third-order valence-electron chi connectivity index (χ3n) is 2.33. The zero-order valence-corrected chi connectivity index (χ0v) is 11.7. The first kappa shape index (κ1) is 16.0. The standard InChI is InChI=1S/C13H22F2N2O2/c1-13(2,3)17-6-4-12-16-8-10(19-12)5-7-18-9-11(14)15/h8,11,17H,4-7,9H2,1-3H3. The summed E-state index contributed by atoms with van der Waals surface area (Å²) in [5, 5.41) is 3.34. The third-order valence-corrected chi connectivity index (χ3v) is 2.33. The Labute approximate surface area is 112 Å². The summed E-state index contributed by atoms with van der Waals surface area (Å²) in [5.74, 6) is 1.32. The first-order valence-electron chi connectivity index (χ1n) is 6.41. The van der Waals surface area contributed by atoms with Crippen LogP contribution in [-0.2, 0) is 17.6 Å². The maximum absolute atomic E-state index is 11.8. The number of nitrogens with zero attached hydrogens (tertiary/aromatic N) is 1. The van der Waals surface area contributed by atoms with Gasteiger partial charge >= 0.3 is 0 Å². The molecule has 1 aromatic rings. The average Bonchev–Trinajstić information content (AvgIpc) is 2.70. The van der Waals surface area contributed by atoms with Crippen molar-refractivity contribution in [2.75, 3.05) is 19.8 Å². The number of hydrogen-bond donors (Lipinski definition) is 1. The zero-order valence-electron chi connectivity index (χ0n) is 11.7. The highest BCUT2D eigenvalue weighted by Crippen LogP contribution is 2.06. The van der Waals surface area contributed by atoms with E-state index >= 15 is 0 Å². The minimum absolute atomic E-state index is 0.0680. The van der Waals surface area contributed by atoms with Crippen LogP contribution in [0.4, 0.5) is 8.78 Å². The number of nitrogens with one attached hydrogen (secondary N) is 1. The Balaban J connectivity index is 2.21. The van der Waals surface area contributed by atoms with Gasteiger partial charge in [-0.2, -0.15) is 0 Å². The van der Waals surface area contributed by atoms with Crippen molar-refractivity contribution in [1.82, 2.24) is 10.3 Å². The van der Waals surface area contributed by atoms with Gasteiger partial charge in [0.2, 0.25) is 0 Å². The Bertz CT molecular complexity index is 362. The molecule has 4 nitrogen and oxygen atoms in total. The summed E-state index contributed by atoms with van der Waals surface area (Å²) < 4.78 is 33.9. The Kier molecular flexibility index (Phi) is 6.37. The van der Waals surface area contributed by atoms with E-state index in [1.165, 1.54) is 0 Å². The summed E-state index contributed by atoms with van der Waals surface area (Å²) in [4.78, 5) is 4.14. The molecule has 0 radical (unpaired) electrons. The van der Waals surface area contributed by atoms with E-state index < -0.39 is 13.0 Å². The van der Waals surface area contributed by atoms with E-state index in [0.29, 0.717) is 24.5 Å². The van der Waals surface area contributed by atoms with Gasteiger partial charge in [0.05, 0.1) is 12.8 Å². The van der Waals surface area contributed by atoms with E-state index in [0.717, 1.165) is 6.54 Å². The van der Waals surface area contributed by atoms with Crippen LogP contribution in [-0.4, -0.2) is 36.7 Å². The van der Waals surface area contributed by atoms with Crippen LogP contribution in [0.3, 0.4) is 0 Å². The van der Waals surface area contributed by atoms with Gasteiger partial charge < -0.3 is 14.5 Å². The van der Waals surface area contributed by atoms with Gasteiger partial charge in [0.1, 0.15) is 12.4 Å². The zero-order chi connectivity index (χ0) is 14.3. The van der Waals surface area contributed by atoms with Gasteiger partial charge in [-0.15, -0.1) is 0 Å². The number of oxazole rings is 1. The number of ether oxygens (including phenoxy) is 1. The highest BCUT2D eigenvalue weighted by molar-refractivity contribution is 4.95. The lowest BCUT2D eigenvalue weighted by Gasteiger charge is -2.19. The second kappa shape index (κ2) is 7.55. The molecular formula is C13H22F2N2O2. The van der Waals surface area contributed by atoms with Gasteiger partial charge in [0.15, 0.2) is 5.89 Å². The Morgan fingerprint density at radius 2 is 2.11 bits per heavy atom. The number of rotatable bonds is 8. The van der Waals surface area contributed by atoms with Crippen molar-refractivity contribution in [3.63, 3.8) is 0 Å². The van der Waals surface area contributed by atoms with Crippen molar-refractivity contribution in [2.45, 2.75) is 45.6 Å². The van der Waals surface area contributed by atoms with E-state index in [1.807, 2.05) is 0 Å². The van der Waals surface area contributed by atoms with Gasteiger partial charge in [-0.05, 0) is 20.8 Å². The van der Waals surface area contributed by atoms with Crippen molar-refractivity contribution < 1.29 is 17.9 Å². The number of hydrogen-bond acceptors (Lipinski definition) is 4. The predicted molar refractivity (Wildman–Crippen MR) is 68.5 cm³/mol. The molecule has 19 heavy (non-hydrogen) atoms. The van der Waals surface area contributed by atoms with Crippen LogP contribution in [0.1, 0.15) is 32.4 Å². The summed E-state index contributed by atoms with van der Waals surface area (Å²) in [6.45, 7) is 6.75.